The molecule has 1 aromatic rings. The predicted octanol–water partition coefficient (Wildman–Crippen LogP) is 5.56. The van der Waals surface area contributed by atoms with Crippen LogP contribution in [0.25, 0.3) is 0 Å². The number of ketones is 1. The van der Waals surface area contributed by atoms with Crippen LogP contribution in [0.1, 0.15) is 62.0 Å². The number of hydrogen-bond acceptors (Lipinski definition) is 4. The summed E-state index contributed by atoms with van der Waals surface area (Å²) in [6.07, 6.45) is 8.25. The molecule has 0 amide bonds. The smallest absolute Gasteiger partial charge is 0.154 e. The average Bonchev–Trinajstić information content (AvgIpc) is 2.66. The minimum Gasteiger partial charge on any atom is -0.507 e. The number of halogens is 1. The van der Waals surface area contributed by atoms with Gasteiger partial charge in [-0.1, -0.05) is 56.2 Å². The average molecular weight is 405 g/mol. The van der Waals surface area contributed by atoms with Crippen molar-refractivity contribution < 1.29 is 19.8 Å². The van der Waals surface area contributed by atoms with Gasteiger partial charge in [0.1, 0.15) is 17.3 Å². The second-order valence-electron chi connectivity index (χ2n) is 8.13. The Bertz CT molecular complexity index is 853. The highest BCUT2D eigenvalue weighted by Gasteiger charge is 2.41. The van der Waals surface area contributed by atoms with Crippen LogP contribution < -0.4 is 0 Å². The molecule has 1 aromatic carbocycles. The number of allylic oxidation sites excluding steroid dienone is 4. The molecular formula is C23H29ClO4. The number of phenolic OH excluding ortho intramolecular Hbond substituents is 2. The van der Waals surface area contributed by atoms with Crippen LogP contribution in [0.3, 0.4) is 0 Å². The quantitative estimate of drug-likeness (QED) is 0.497. The molecule has 0 spiro atoms. The van der Waals surface area contributed by atoms with Crippen LogP contribution in [0.5, 0.6) is 11.5 Å². The Morgan fingerprint density at radius 1 is 1.29 bits per heavy atom. The highest BCUT2D eigenvalue weighted by Crippen LogP contribution is 2.45. The number of carbonyl (C=O) groups is 2. The van der Waals surface area contributed by atoms with E-state index < -0.39 is 0 Å². The van der Waals surface area contributed by atoms with Gasteiger partial charge in [0.2, 0.25) is 0 Å². The Hall–Kier alpha value is -2.07. The van der Waals surface area contributed by atoms with Crippen LogP contribution in [0.2, 0.25) is 5.02 Å². The molecule has 4 nitrogen and oxygen atoms in total. The molecule has 1 saturated carbocycles. The molecule has 28 heavy (non-hydrogen) atoms. The topological polar surface area (TPSA) is 74.6 Å². The predicted molar refractivity (Wildman–Crippen MR) is 112 cm³/mol. The zero-order chi connectivity index (χ0) is 21.2. The number of phenols is 2. The maximum atomic E-state index is 12.2. The van der Waals surface area contributed by atoms with Gasteiger partial charge in [0.25, 0.3) is 0 Å². The summed E-state index contributed by atoms with van der Waals surface area (Å²) < 4.78 is 0. The SMILES string of the molecule is CC(C=C[C@@]1(C)C(C)CCC(=O)C1C)=CCc1c(O)c(Cl)c(C)c(C=O)c1O. The van der Waals surface area contributed by atoms with Gasteiger partial charge in [0.15, 0.2) is 6.29 Å². The maximum Gasteiger partial charge on any atom is 0.154 e. The molecule has 0 heterocycles. The van der Waals surface area contributed by atoms with E-state index >= 15 is 0 Å². The van der Waals surface area contributed by atoms with Gasteiger partial charge in [-0.05, 0) is 43.6 Å². The van der Waals surface area contributed by atoms with E-state index in [-0.39, 0.29) is 45.4 Å². The van der Waals surface area contributed by atoms with Gasteiger partial charge in [0, 0.05) is 17.9 Å². The number of rotatable bonds is 5. The molecule has 0 aromatic heterocycles. The molecule has 152 valence electrons. The minimum atomic E-state index is -0.241. The number of aldehydes is 1. The van der Waals surface area contributed by atoms with Crippen molar-refractivity contribution in [1.82, 2.24) is 0 Å². The lowest BCUT2D eigenvalue weighted by Gasteiger charge is -2.42. The van der Waals surface area contributed by atoms with Gasteiger partial charge < -0.3 is 10.2 Å². The molecule has 5 heteroatoms. The summed E-state index contributed by atoms with van der Waals surface area (Å²) in [5, 5.41) is 20.7. The minimum absolute atomic E-state index is 0.0283. The van der Waals surface area contributed by atoms with Gasteiger partial charge in [0.05, 0.1) is 10.6 Å². The highest BCUT2D eigenvalue weighted by molar-refractivity contribution is 6.33. The second-order valence-corrected chi connectivity index (χ2v) is 8.50. The van der Waals surface area contributed by atoms with Crippen molar-refractivity contribution in [1.29, 1.82) is 0 Å². The van der Waals surface area contributed by atoms with Crippen LogP contribution in [0, 0.1) is 24.2 Å². The molecule has 1 fully saturated rings. The van der Waals surface area contributed by atoms with Crippen LogP contribution in [0.4, 0.5) is 0 Å². The largest absolute Gasteiger partial charge is 0.507 e. The molecule has 0 bridgehead atoms. The van der Waals surface area contributed by atoms with E-state index in [2.05, 4.69) is 19.9 Å². The Morgan fingerprint density at radius 3 is 2.54 bits per heavy atom. The molecule has 1 aliphatic carbocycles. The monoisotopic (exact) mass is 404 g/mol. The zero-order valence-electron chi connectivity index (χ0n) is 17.2. The molecule has 2 rings (SSSR count). The van der Waals surface area contributed by atoms with E-state index in [0.29, 0.717) is 30.0 Å². The van der Waals surface area contributed by atoms with Crippen LogP contribution in [-0.2, 0) is 11.2 Å². The van der Waals surface area contributed by atoms with Crippen molar-refractivity contribution >= 4 is 23.7 Å². The Balaban J connectivity index is 2.28. The Kier molecular flexibility index (Phi) is 6.76. The number of Topliss-reactive ketones (excluding diaryl/α,β-unsaturated/α-hetero) is 1. The fourth-order valence-electron chi connectivity index (χ4n) is 3.83. The third-order valence-electron chi connectivity index (χ3n) is 6.52. The lowest BCUT2D eigenvalue weighted by molar-refractivity contribution is -0.129. The van der Waals surface area contributed by atoms with Crippen LogP contribution >= 0.6 is 11.6 Å². The van der Waals surface area contributed by atoms with Crippen molar-refractivity contribution in [3.63, 3.8) is 0 Å². The third-order valence-corrected chi connectivity index (χ3v) is 6.98. The van der Waals surface area contributed by atoms with Gasteiger partial charge in [-0.25, -0.2) is 0 Å². The number of carbonyl (C=O) groups excluding carboxylic acids is 2. The Morgan fingerprint density at radius 2 is 1.93 bits per heavy atom. The number of aromatic hydroxyl groups is 2. The fraction of sp³-hybridized carbons (Fsp3) is 0.478. The number of hydrogen-bond donors (Lipinski definition) is 2. The first-order valence-corrected chi connectivity index (χ1v) is 9.99. The van der Waals surface area contributed by atoms with Gasteiger partial charge in [-0.15, -0.1) is 0 Å². The third kappa shape index (κ3) is 4.02. The van der Waals surface area contributed by atoms with Crippen molar-refractivity contribution in [3.8, 4) is 11.5 Å². The summed E-state index contributed by atoms with van der Waals surface area (Å²) in [4.78, 5) is 23.4. The summed E-state index contributed by atoms with van der Waals surface area (Å²) >= 11 is 6.09. The molecule has 0 radical (unpaired) electrons. The zero-order valence-corrected chi connectivity index (χ0v) is 17.9. The molecule has 2 unspecified atom stereocenters. The fourth-order valence-corrected chi connectivity index (χ4v) is 4.04. The first kappa shape index (κ1) is 22.2. The van der Waals surface area contributed by atoms with Crippen LogP contribution in [0.15, 0.2) is 23.8 Å². The lowest BCUT2D eigenvalue weighted by atomic mass is 9.61. The maximum absolute atomic E-state index is 12.2. The van der Waals surface area contributed by atoms with E-state index in [9.17, 15) is 19.8 Å². The van der Waals surface area contributed by atoms with E-state index in [1.807, 2.05) is 26.0 Å². The standard InChI is InChI=1S/C23H29ClO4/c1-13(10-11-23(5)14(2)7-9-19(26)16(23)4)6-8-17-21(27)18(12-25)15(3)20(24)22(17)28/h6,10-12,14,16,27-28H,7-9H2,1-5H3/t14?,16?,23-/m0/s1. The van der Waals surface area contributed by atoms with Crippen molar-refractivity contribution in [2.45, 2.75) is 53.9 Å². The van der Waals surface area contributed by atoms with Crippen molar-refractivity contribution in [3.05, 3.63) is 45.5 Å². The van der Waals surface area contributed by atoms with E-state index in [1.165, 1.54) is 0 Å². The lowest BCUT2D eigenvalue weighted by Crippen LogP contribution is -2.40. The van der Waals surface area contributed by atoms with Gasteiger partial charge in [-0.2, -0.15) is 0 Å². The second kappa shape index (κ2) is 8.52. The molecule has 1 aliphatic rings. The van der Waals surface area contributed by atoms with Crippen molar-refractivity contribution in [2.24, 2.45) is 17.3 Å². The normalized spacial score (nSPS) is 26.1. The number of benzene rings is 1. The summed E-state index contributed by atoms with van der Waals surface area (Å²) in [5.41, 5.74) is 1.41. The van der Waals surface area contributed by atoms with E-state index in [1.54, 1.807) is 6.92 Å². The highest BCUT2D eigenvalue weighted by atomic mass is 35.5. The van der Waals surface area contributed by atoms with Crippen LogP contribution in [-0.4, -0.2) is 22.3 Å². The molecular weight excluding hydrogens is 376 g/mol. The summed E-state index contributed by atoms with van der Waals surface area (Å²) in [6, 6.07) is 0. The summed E-state index contributed by atoms with van der Waals surface area (Å²) in [6.45, 7) is 9.79. The molecule has 0 aliphatic heterocycles. The summed E-state index contributed by atoms with van der Waals surface area (Å²) in [5.74, 6) is 0.233. The molecule has 2 N–H and O–H groups in total. The first-order chi connectivity index (χ1) is 13.0. The van der Waals surface area contributed by atoms with Gasteiger partial charge in [-0.3, -0.25) is 9.59 Å². The molecule has 3 atom stereocenters. The van der Waals surface area contributed by atoms with Gasteiger partial charge >= 0.3 is 0 Å². The van der Waals surface area contributed by atoms with E-state index in [0.717, 1.165) is 12.0 Å². The van der Waals surface area contributed by atoms with E-state index in [4.69, 9.17) is 11.6 Å². The summed E-state index contributed by atoms with van der Waals surface area (Å²) in [7, 11) is 0. The van der Waals surface area contributed by atoms with Crippen molar-refractivity contribution in [2.75, 3.05) is 0 Å². The molecule has 0 saturated heterocycles. The Labute approximate surface area is 171 Å². The first-order valence-electron chi connectivity index (χ1n) is 9.61.